The van der Waals surface area contributed by atoms with Gasteiger partial charge in [-0.25, -0.2) is 13.1 Å². The summed E-state index contributed by atoms with van der Waals surface area (Å²) in [4.78, 5) is 0. The monoisotopic (exact) mass is 214 g/mol. The summed E-state index contributed by atoms with van der Waals surface area (Å²) < 4.78 is 25.7. The van der Waals surface area contributed by atoms with E-state index in [1.165, 1.54) is 0 Å². The number of hydrogen-bond acceptors (Lipinski definition) is 3. The molecule has 0 aromatic carbocycles. The van der Waals surface area contributed by atoms with Gasteiger partial charge in [-0.2, -0.15) is 5.26 Å². The predicted molar refractivity (Wildman–Crippen MR) is 53.9 cm³/mol. The molecule has 0 fully saturated rings. The fourth-order valence-corrected chi connectivity index (χ4v) is 2.81. The van der Waals surface area contributed by atoms with Crippen LogP contribution in [0.25, 0.3) is 0 Å². The zero-order valence-corrected chi connectivity index (χ0v) is 8.92. The van der Waals surface area contributed by atoms with Gasteiger partial charge in [-0.3, -0.25) is 0 Å². The van der Waals surface area contributed by atoms with E-state index in [9.17, 15) is 8.42 Å². The Hall–Kier alpha value is -0.860. The van der Waals surface area contributed by atoms with Crippen LogP contribution < -0.4 is 4.72 Å². The molecule has 0 radical (unpaired) electrons. The predicted octanol–water partition coefficient (Wildman–Crippen LogP) is 0.927. The molecule has 1 aliphatic rings. The van der Waals surface area contributed by atoms with Gasteiger partial charge in [0.25, 0.3) is 0 Å². The van der Waals surface area contributed by atoms with E-state index < -0.39 is 15.3 Å². The highest BCUT2D eigenvalue weighted by Crippen LogP contribution is 2.12. The Morgan fingerprint density at radius 3 is 2.57 bits per heavy atom. The second kappa shape index (κ2) is 4.58. The third-order valence-electron chi connectivity index (χ3n) is 2.23. The van der Waals surface area contributed by atoms with Crippen LogP contribution in [0.2, 0.25) is 0 Å². The first-order valence-corrected chi connectivity index (χ1v) is 6.20. The zero-order chi connectivity index (χ0) is 10.6. The van der Waals surface area contributed by atoms with Crippen molar-refractivity contribution in [2.45, 2.75) is 37.5 Å². The molecular formula is C9H14N2O2S. The van der Waals surface area contributed by atoms with Crippen LogP contribution in [0.4, 0.5) is 0 Å². The van der Waals surface area contributed by atoms with E-state index in [0.717, 1.165) is 12.8 Å². The van der Waals surface area contributed by atoms with Gasteiger partial charge in [0.2, 0.25) is 10.0 Å². The molecule has 5 heteroatoms. The summed E-state index contributed by atoms with van der Waals surface area (Å²) in [7, 11) is -3.46. The zero-order valence-electron chi connectivity index (χ0n) is 8.10. The van der Waals surface area contributed by atoms with E-state index in [1.807, 2.05) is 12.2 Å². The van der Waals surface area contributed by atoms with E-state index >= 15 is 0 Å². The van der Waals surface area contributed by atoms with Gasteiger partial charge in [-0.15, -0.1) is 0 Å². The molecule has 1 N–H and O–H groups in total. The first-order valence-electron chi connectivity index (χ1n) is 4.66. The van der Waals surface area contributed by atoms with Crippen molar-refractivity contribution >= 4 is 10.0 Å². The molecule has 0 aromatic rings. The lowest BCUT2D eigenvalue weighted by atomic mass is 10.3. The van der Waals surface area contributed by atoms with Gasteiger partial charge >= 0.3 is 0 Å². The van der Waals surface area contributed by atoms with Crippen LogP contribution in [0.1, 0.15) is 26.2 Å². The SMILES string of the molecule is CCC(C#N)S(=O)(=O)NC1CC=CC1. The van der Waals surface area contributed by atoms with E-state index in [2.05, 4.69) is 4.72 Å². The van der Waals surface area contributed by atoms with Crippen molar-refractivity contribution in [3.05, 3.63) is 12.2 Å². The van der Waals surface area contributed by atoms with Crippen molar-refractivity contribution in [3.63, 3.8) is 0 Å². The first-order chi connectivity index (χ1) is 6.60. The lowest BCUT2D eigenvalue weighted by Crippen LogP contribution is -2.39. The molecule has 0 spiro atoms. The molecule has 0 saturated heterocycles. The van der Waals surface area contributed by atoms with Gasteiger partial charge in [0.05, 0.1) is 6.07 Å². The van der Waals surface area contributed by atoms with Gasteiger partial charge in [-0.05, 0) is 19.3 Å². The standard InChI is InChI=1S/C9H14N2O2S/c1-2-9(7-10)14(12,13)11-8-5-3-4-6-8/h3-4,8-9,11H,2,5-6H2,1H3. The van der Waals surface area contributed by atoms with Crippen LogP contribution in [-0.2, 0) is 10.0 Å². The summed E-state index contributed by atoms with van der Waals surface area (Å²) in [5, 5.41) is 7.72. The van der Waals surface area contributed by atoms with Crippen LogP contribution >= 0.6 is 0 Å². The topological polar surface area (TPSA) is 70.0 Å². The van der Waals surface area contributed by atoms with Crippen molar-refractivity contribution in [2.75, 3.05) is 0 Å². The van der Waals surface area contributed by atoms with Crippen molar-refractivity contribution in [1.82, 2.24) is 4.72 Å². The fourth-order valence-electron chi connectivity index (χ4n) is 1.41. The molecule has 1 rings (SSSR count). The number of rotatable bonds is 4. The summed E-state index contributed by atoms with van der Waals surface area (Å²) in [5.41, 5.74) is 0. The molecule has 0 saturated carbocycles. The number of hydrogen-bond donors (Lipinski definition) is 1. The highest BCUT2D eigenvalue weighted by atomic mass is 32.2. The van der Waals surface area contributed by atoms with E-state index in [-0.39, 0.29) is 6.04 Å². The molecule has 78 valence electrons. The van der Waals surface area contributed by atoms with E-state index in [0.29, 0.717) is 6.42 Å². The largest absolute Gasteiger partial charge is 0.228 e. The van der Waals surface area contributed by atoms with Crippen LogP contribution in [0.15, 0.2) is 12.2 Å². The van der Waals surface area contributed by atoms with E-state index in [4.69, 9.17) is 5.26 Å². The average Bonchev–Trinajstić information content (AvgIpc) is 2.57. The van der Waals surface area contributed by atoms with Crippen molar-refractivity contribution in [2.24, 2.45) is 0 Å². The van der Waals surface area contributed by atoms with Crippen LogP contribution in [-0.4, -0.2) is 19.7 Å². The molecule has 14 heavy (non-hydrogen) atoms. The van der Waals surface area contributed by atoms with Crippen molar-refractivity contribution < 1.29 is 8.42 Å². The van der Waals surface area contributed by atoms with E-state index in [1.54, 1.807) is 13.0 Å². The number of sulfonamides is 1. The fraction of sp³-hybridized carbons (Fsp3) is 0.667. The Balaban J connectivity index is 2.62. The minimum atomic E-state index is -3.46. The molecule has 1 atom stereocenters. The quantitative estimate of drug-likeness (QED) is 0.708. The lowest BCUT2D eigenvalue weighted by molar-refractivity contribution is 0.549. The third-order valence-corrected chi connectivity index (χ3v) is 4.08. The molecule has 1 unspecified atom stereocenters. The van der Waals surface area contributed by atoms with Crippen LogP contribution in [0, 0.1) is 11.3 Å². The lowest BCUT2D eigenvalue weighted by Gasteiger charge is -2.14. The Labute approximate surface area is 84.7 Å². The Morgan fingerprint density at radius 1 is 1.57 bits per heavy atom. The molecular weight excluding hydrogens is 200 g/mol. The highest BCUT2D eigenvalue weighted by Gasteiger charge is 2.26. The van der Waals surface area contributed by atoms with Gasteiger partial charge < -0.3 is 0 Å². The second-order valence-corrected chi connectivity index (χ2v) is 5.22. The maximum Gasteiger partial charge on any atom is 0.228 e. The van der Waals surface area contributed by atoms with Gasteiger partial charge in [-0.1, -0.05) is 19.1 Å². The van der Waals surface area contributed by atoms with Gasteiger partial charge in [0.1, 0.15) is 0 Å². The Morgan fingerprint density at radius 2 is 2.14 bits per heavy atom. The molecule has 0 aliphatic heterocycles. The third kappa shape index (κ3) is 2.56. The van der Waals surface area contributed by atoms with Crippen molar-refractivity contribution in [3.8, 4) is 6.07 Å². The van der Waals surface area contributed by atoms with Crippen molar-refractivity contribution in [1.29, 1.82) is 5.26 Å². The summed E-state index contributed by atoms with van der Waals surface area (Å²) in [6.07, 6.45) is 5.66. The first kappa shape index (κ1) is 11.2. The maximum absolute atomic E-state index is 11.6. The summed E-state index contributed by atoms with van der Waals surface area (Å²) in [5.74, 6) is 0. The Bertz CT molecular complexity index is 345. The normalized spacial score (nSPS) is 19.4. The van der Waals surface area contributed by atoms with Crippen LogP contribution in [0.3, 0.4) is 0 Å². The highest BCUT2D eigenvalue weighted by molar-refractivity contribution is 7.90. The second-order valence-electron chi connectivity index (χ2n) is 3.33. The van der Waals surface area contributed by atoms with Gasteiger partial charge in [0, 0.05) is 6.04 Å². The molecule has 0 heterocycles. The molecule has 1 aliphatic carbocycles. The molecule has 4 nitrogen and oxygen atoms in total. The smallest absolute Gasteiger partial charge is 0.211 e. The number of nitrogens with zero attached hydrogens (tertiary/aromatic N) is 1. The van der Waals surface area contributed by atoms with Crippen LogP contribution in [0.5, 0.6) is 0 Å². The molecule has 0 amide bonds. The number of nitriles is 1. The maximum atomic E-state index is 11.6. The minimum absolute atomic E-state index is 0.0533. The minimum Gasteiger partial charge on any atom is -0.211 e. The molecule has 0 bridgehead atoms. The number of nitrogens with one attached hydrogen (secondary N) is 1. The van der Waals surface area contributed by atoms with Gasteiger partial charge in [0.15, 0.2) is 5.25 Å². The summed E-state index contributed by atoms with van der Waals surface area (Å²) >= 11 is 0. The Kier molecular flexibility index (Phi) is 3.67. The average molecular weight is 214 g/mol. The molecule has 0 aromatic heterocycles. The summed E-state index contributed by atoms with van der Waals surface area (Å²) in [6.45, 7) is 1.69. The summed E-state index contributed by atoms with van der Waals surface area (Å²) in [6, 6.07) is 1.74.